The number of nitrogens with one attached hydrogen (secondary N) is 1. The zero-order valence-corrected chi connectivity index (χ0v) is 15.6. The maximum Gasteiger partial charge on any atom is 0.248 e. The third kappa shape index (κ3) is 4.78. The first kappa shape index (κ1) is 18.9. The lowest BCUT2D eigenvalue weighted by Gasteiger charge is -2.12. The van der Waals surface area contributed by atoms with E-state index in [1.807, 2.05) is 32.0 Å². The summed E-state index contributed by atoms with van der Waals surface area (Å²) in [6, 6.07) is 12.2. The molecule has 2 aromatic carbocycles. The Morgan fingerprint density at radius 2 is 1.80 bits per heavy atom. The Hall–Kier alpha value is -2.44. The lowest BCUT2D eigenvalue weighted by Crippen LogP contribution is -2.22. The van der Waals surface area contributed by atoms with E-state index in [0.29, 0.717) is 5.69 Å². The van der Waals surface area contributed by atoms with Crippen LogP contribution in [-0.2, 0) is 14.8 Å². The molecule has 0 aliphatic carbocycles. The van der Waals surface area contributed by atoms with Crippen LogP contribution >= 0.6 is 0 Å². The SMILES string of the molecule is Cc1ccc(/C=C/C(=O)Nc2cccc(S(=O)(=O)N(C)C)c2)c(C)c1. The number of carbonyl (C=O) groups is 1. The fourth-order valence-electron chi connectivity index (χ4n) is 2.31. The van der Waals surface area contributed by atoms with Crippen molar-refractivity contribution in [2.24, 2.45) is 0 Å². The Bertz CT molecular complexity index is 916. The van der Waals surface area contributed by atoms with Crippen molar-refractivity contribution in [2.45, 2.75) is 18.7 Å². The zero-order valence-electron chi connectivity index (χ0n) is 14.8. The number of hydrogen-bond donors (Lipinski definition) is 1. The molecule has 0 saturated carbocycles. The summed E-state index contributed by atoms with van der Waals surface area (Å²) >= 11 is 0. The van der Waals surface area contributed by atoms with Gasteiger partial charge in [-0.3, -0.25) is 4.79 Å². The molecule has 5 nitrogen and oxygen atoms in total. The molecule has 2 rings (SSSR count). The molecule has 0 fully saturated rings. The van der Waals surface area contributed by atoms with Crippen LogP contribution in [0.3, 0.4) is 0 Å². The number of aryl methyl sites for hydroxylation is 2. The van der Waals surface area contributed by atoms with Gasteiger partial charge in [0.05, 0.1) is 4.90 Å². The maximum absolute atomic E-state index is 12.1. The Morgan fingerprint density at radius 3 is 2.44 bits per heavy atom. The van der Waals surface area contributed by atoms with E-state index < -0.39 is 10.0 Å². The van der Waals surface area contributed by atoms with Crippen LogP contribution in [0.4, 0.5) is 5.69 Å². The van der Waals surface area contributed by atoms with Gasteiger partial charge in [-0.25, -0.2) is 12.7 Å². The third-order valence-corrected chi connectivity index (χ3v) is 5.53. The molecule has 25 heavy (non-hydrogen) atoms. The van der Waals surface area contributed by atoms with Crippen LogP contribution in [-0.4, -0.2) is 32.7 Å². The van der Waals surface area contributed by atoms with Crippen molar-refractivity contribution >= 4 is 27.7 Å². The average Bonchev–Trinajstić information content (AvgIpc) is 2.54. The van der Waals surface area contributed by atoms with Crippen molar-refractivity contribution in [1.29, 1.82) is 0 Å². The fraction of sp³-hybridized carbons (Fsp3) is 0.211. The monoisotopic (exact) mass is 358 g/mol. The molecule has 6 heteroatoms. The van der Waals surface area contributed by atoms with Crippen molar-refractivity contribution in [3.63, 3.8) is 0 Å². The first-order chi connectivity index (χ1) is 11.7. The van der Waals surface area contributed by atoms with E-state index >= 15 is 0 Å². The number of rotatable bonds is 5. The summed E-state index contributed by atoms with van der Waals surface area (Å²) < 4.78 is 25.4. The molecule has 0 aliphatic heterocycles. The van der Waals surface area contributed by atoms with Crippen molar-refractivity contribution in [2.75, 3.05) is 19.4 Å². The van der Waals surface area contributed by atoms with Crippen molar-refractivity contribution in [3.8, 4) is 0 Å². The summed E-state index contributed by atoms with van der Waals surface area (Å²) in [7, 11) is -0.605. The number of amides is 1. The zero-order chi connectivity index (χ0) is 18.6. The van der Waals surface area contributed by atoms with E-state index in [1.165, 1.54) is 32.3 Å². The molecule has 1 N–H and O–H groups in total. The third-order valence-electron chi connectivity index (χ3n) is 3.72. The molecular formula is C19H22N2O3S. The molecule has 0 spiro atoms. The molecule has 0 heterocycles. The summed E-state index contributed by atoms with van der Waals surface area (Å²) in [5, 5.41) is 2.69. The summed E-state index contributed by atoms with van der Waals surface area (Å²) in [6.07, 6.45) is 3.18. The second kappa shape index (κ2) is 7.63. The molecule has 0 unspecified atom stereocenters. The molecule has 0 atom stereocenters. The summed E-state index contributed by atoms with van der Waals surface area (Å²) in [6.45, 7) is 4.00. The molecule has 0 aliphatic rings. The van der Waals surface area contributed by atoms with Crippen molar-refractivity contribution < 1.29 is 13.2 Å². The number of anilines is 1. The van der Waals surface area contributed by atoms with Crippen LogP contribution in [0, 0.1) is 13.8 Å². The Morgan fingerprint density at radius 1 is 1.08 bits per heavy atom. The number of hydrogen-bond acceptors (Lipinski definition) is 3. The number of carbonyl (C=O) groups excluding carboxylic acids is 1. The summed E-state index contributed by atoms with van der Waals surface area (Å²) in [5.74, 6) is -0.320. The quantitative estimate of drug-likeness (QED) is 0.835. The van der Waals surface area contributed by atoms with E-state index in [-0.39, 0.29) is 10.8 Å². The minimum atomic E-state index is -3.54. The van der Waals surface area contributed by atoms with Crippen LogP contribution in [0.15, 0.2) is 53.4 Å². The minimum absolute atomic E-state index is 0.133. The molecule has 1 amide bonds. The molecule has 0 bridgehead atoms. The van der Waals surface area contributed by atoms with Crippen LogP contribution < -0.4 is 5.32 Å². The highest BCUT2D eigenvalue weighted by Gasteiger charge is 2.17. The van der Waals surface area contributed by atoms with Gasteiger partial charge in [0.25, 0.3) is 0 Å². The van der Waals surface area contributed by atoms with Gasteiger partial charge in [-0.05, 0) is 49.2 Å². The normalized spacial score (nSPS) is 11.9. The topological polar surface area (TPSA) is 66.5 Å². The Labute approximate surface area is 149 Å². The van der Waals surface area contributed by atoms with E-state index in [2.05, 4.69) is 5.32 Å². The second-order valence-electron chi connectivity index (χ2n) is 6.00. The van der Waals surface area contributed by atoms with Gasteiger partial charge in [-0.2, -0.15) is 0 Å². The van der Waals surface area contributed by atoms with Crippen molar-refractivity contribution in [3.05, 3.63) is 65.2 Å². The summed E-state index contributed by atoms with van der Waals surface area (Å²) in [4.78, 5) is 12.2. The molecule has 0 radical (unpaired) electrons. The Balaban J connectivity index is 2.14. The van der Waals surface area contributed by atoms with Gasteiger partial charge in [-0.15, -0.1) is 0 Å². The lowest BCUT2D eigenvalue weighted by molar-refractivity contribution is -0.111. The summed E-state index contributed by atoms with van der Waals surface area (Å²) in [5.41, 5.74) is 3.64. The molecule has 2 aromatic rings. The highest BCUT2D eigenvalue weighted by Crippen LogP contribution is 2.18. The largest absolute Gasteiger partial charge is 0.322 e. The van der Waals surface area contributed by atoms with Gasteiger partial charge >= 0.3 is 0 Å². The predicted octanol–water partition coefficient (Wildman–Crippen LogP) is 3.21. The minimum Gasteiger partial charge on any atom is -0.322 e. The molecule has 0 saturated heterocycles. The van der Waals surface area contributed by atoms with Gasteiger partial charge in [0.15, 0.2) is 0 Å². The van der Waals surface area contributed by atoms with Gasteiger partial charge < -0.3 is 5.32 Å². The smallest absolute Gasteiger partial charge is 0.248 e. The maximum atomic E-state index is 12.1. The van der Waals surface area contributed by atoms with E-state index in [9.17, 15) is 13.2 Å². The van der Waals surface area contributed by atoms with E-state index in [1.54, 1.807) is 18.2 Å². The van der Waals surface area contributed by atoms with E-state index in [0.717, 1.165) is 21.0 Å². The standard InChI is InChI=1S/C19H22N2O3S/c1-14-8-9-16(15(2)12-14)10-11-19(22)20-17-6-5-7-18(13-17)25(23,24)21(3)4/h5-13H,1-4H3,(H,20,22)/b11-10+. The highest BCUT2D eigenvalue weighted by atomic mass is 32.2. The average molecular weight is 358 g/mol. The number of nitrogens with zero attached hydrogens (tertiary/aromatic N) is 1. The van der Waals surface area contributed by atoms with Crippen LogP contribution in [0.25, 0.3) is 6.08 Å². The molecular weight excluding hydrogens is 336 g/mol. The van der Waals surface area contributed by atoms with Gasteiger partial charge in [-0.1, -0.05) is 29.8 Å². The predicted molar refractivity (Wildman–Crippen MR) is 101 cm³/mol. The second-order valence-corrected chi connectivity index (χ2v) is 8.15. The lowest BCUT2D eigenvalue weighted by atomic mass is 10.1. The first-order valence-corrected chi connectivity index (χ1v) is 9.23. The fourth-order valence-corrected chi connectivity index (χ4v) is 3.26. The highest BCUT2D eigenvalue weighted by molar-refractivity contribution is 7.89. The van der Waals surface area contributed by atoms with Crippen LogP contribution in [0.2, 0.25) is 0 Å². The van der Waals surface area contributed by atoms with E-state index in [4.69, 9.17) is 0 Å². The van der Waals surface area contributed by atoms with Crippen molar-refractivity contribution in [1.82, 2.24) is 4.31 Å². The van der Waals surface area contributed by atoms with Gasteiger partial charge in [0.1, 0.15) is 0 Å². The first-order valence-electron chi connectivity index (χ1n) is 7.79. The van der Waals surface area contributed by atoms with Gasteiger partial charge in [0.2, 0.25) is 15.9 Å². The van der Waals surface area contributed by atoms with Gasteiger partial charge in [0, 0.05) is 25.9 Å². The Kier molecular flexibility index (Phi) is 5.77. The van der Waals surface area contributed by atoms with Crippen LogP contribution in [0.1, 0.15) is 16.7 Å². The molecule has 0 aromatic heterocycles. The molecule has 132 valence electrons. The van der Waals surface area contributed by atoms with Crippen LogP contribution in [0.5, 0.6) is 0 Å². The number of benzene rings is 2. The number of sulfonamides is 1.